The van der Waals surface area contributed by atoms with Crippen LogP contribution in [0.3, 0.4) is 0 Å². The molecule has 0 spiro atoms. The molecule has 54 heavy (non-hydrogen) atoms. The van der Waals surface area contributed by atoms with E-state index in [9.17, 15) is 31.8 Å². The van der Waals surface area contributed by atoms with E-state index in [0.717, 1.165) is 24.1 Å². The van der Waals surface area contributed by atoms with Crippen molar-refractivity contribution in [2.24, 2.45) is 5.41 Å². The topological polar surface area (TPSA) is 201 Å². The molecular formula is C38H51N3O11S2. The number of benzene rings is 3. The van der Waals surface area contributed by atoms with Gasteiger partial charge in [0.1, 0.15) is 18.4 Å². The first-order valence-corrected chi connectivity index (χ1v) is 21.1. The average Bonchev–Trinajstić information content (AvgIpc) is 3.19. The van der Waals surface area contributed by atoms with Crippen LogP contribution in [0, 0.1) is 5.41 Å². The van der Waals surface area contributed by atoms with Crippen molar-refractivity contribution in [3.63, 3.8) is 0 Å². The molecule has 296 valence electrons. The summed E-state index contributed by atoms with van der Waals surface area (Å²) in [6, 6.07) is 20.6. The highest BCUT2D eigenvalue weighted by Crippen LogP contribution is 2.49. The molecule has 5 N–H and O–H groups in total. The Balaban J connectivity index is 1.41. The minimum atomic E-state index is -4.85. The predicted octanol–water partition coefficient (Wildman–Crippen LogP) is 4.62. The SMILES string of the molecule is CCCC[C@]1(CC)CS(=O)(=O)c2ccc(N(C)C)cc2[C@@H](c2cccc(NC(=O)N[C@H]3C[C@@H](OCc4ccccc4)[C@H](O)[C@@H](COS(=O)(=O)O)O3)c2)[C@H]1O. The quantitative estimate of drug-likeness (QED) is 0.142. The number of aliphatic hydroxyl groups is 2. The molecular weight excluding hydrogens is 739 g/mol. The van der Waals surface area contributed by atoms with Crippen LogP contribution in [0.15, 0.2) is 77.7 Å². The maximum Gasteiger partial charge on any atom is 0.397 e. The lowest BCUT2D eigenvalue weighted by molar-refractivity contribution is -0.197. The van der Waals surface area contributed by atoms with E-state index in [0.29, 0.717) is 29.7 Å². The number of unbranched alkanes of at least 4 members (excludes halogenated alkanes) is 1. The van der Waals surface area contributed by atoms with Gasteiger partial charge in [-0.25, -0.2) is 17.4 Å². The molecule has 7 atom stereocenters. The zero-order valence-corrected chi connectivity index (χ0v) is 32.6. The molecule has 3 aromatic carbocycles. The molecule has 3 aromatic rings. The van der Waals surface area contributed by atoms with Crippen LogP contribution < -0.4 is 15.5 Å². The van der Waals surface area contributed by atoms with Crippen LogP contribution in [0.2, 0.25) is 0 Å². The van der Waals surface area contributed by atoms with Crippen molar-refractivity contribution in [1.82, 2.24) is 5.32 Å². The van der Waals surface area contributed by atoms with E-state index in [1.54, 1.807) is 36.4 Å². The number of rotatable bonds is 14. The van der Waals surface area contributed by atoms with E-state index < -0.39 is 74.9 Å². The second-order valence-corrected chi connectivity index (χ2v) is 17.3. The van der Waals surface area contributed by atoms with Gasteiger partial charge in [0.05, 0.1) is 36.1 Å². The fourth-order valence-electron chi connectivity index (χ4n) is 7.39. The first-order chi connectivity index (χ1) is 25.6. The standard InChI is InChI=1S/C38H51N3O11S2/c1-5-7-18-38(6-2)24-53(45,46)32-17-16-28(41(3)4)20-29(32)34(36(38)43)26-14-11-15-27(19-26)39-37(44)40-33-21-30(50-22-25-12-9-8-10-13-25)35(42)31(52-33)23-51-54(47,48)49/h8-17,19-20,30-31,33-36,42-43H,5-7,18,21-24H2,1-4H3,(H2,39,40,44)(H,47,48,49)/t30-,31-,33-,34-,35+,36-,38-/m1/s1. The Hall–Kier alpha value is -3.61. The number of sulfone groups is 1. The number of hydrogen-bond acceptors (Lipinski definition) is 11. The summed E-state index contributed by atoms with van der Waals surface area (Å²) in [7, 11) is -4.93. The van der Waals surface area contributed by atoms with Gasteiger partial charge in [-0.05, 0) is 59.9 Å². The Kier molecular flexibility index (Phi) is 13.4. The Bertz CT molecular complexity index is 1960. The molecule has 2 aliphatic rings. The normalized spacial score (nSPS) is 26.6. The van der Waals surface area contributed by atoms with Crippen LogP contribution in [0.25, 0.3) is 0 Å². The lowest BCUT2D eigenvalue weighted by atomic mass is 9.69. The predicted molar refractivity (Wildman–Crippen MR) is 203 cm³/mol. The molecule has 0 bridgehead atoms. The number of carbonyl (C=O) groups is 1. The fraction of sp³-hybridized carbons (Fsp3) is 0.500. The Morgan fingerprint density at radius 3 is 2.44 bits per heavy atom. The number of hydrogen-bond donors (Lipinski definition) is 5. The largest absolute Gasteiger partial charge is 0.397 e. The summed E-state index contributed by atoms with van der Waals surface area (Å²) in [6.45, 7) is 3.33. The number of carbonyl (C=O) groups excluding carboxylic acids is 1. The highest BCUT2D eigenvalue weighted by atomic mass is 32.3. The van der Waals surface area contributed by atoms with E-state index >= 15 is 0 Å². The number of urea groups is 1. The van der Waals surface area contributed by atoms with E-state index in [4.69, 9.17) is 14.0 Å². The molecule has 16 heteroatoms. The molecule has 0 radical (unpaired) electrons. The monoisotopic (exact) mass is 789 g/mol. The zero-order valence-electron chi connectivity index (χ0n) is 30.9. The third-order valence-corrected chi connectivity index (χ3v) is 12.8. The average molecular weight is 790 g/mol. The minimum Gasteiger partial charge on any atom is -0.392 e. The molecule has 0 aromatic heterocycles. The van der Waals surface area contributed by atoms with Crippen LogP contribution >= 0.6 is 0 Å². The van der Waals surface area contributed by atoms with Crippen molar-refractivity contribution in [3.05, 3.63) is 89.5 Å². The number of amides is 2. The number of ether oxygens (including phenoxy) is 2. The van der Waals surface area contributed by atoms with Crippen molar-refractivity contribution in [2.45, 2.75) is 94.0 Å². The molecule has 1 fully saturated rings. The number of nitrogens with zero attached hydrogens (tertiary/aromatic N) is 1. The van der Waals surface area contributed by atoms with Crippen molar-refractivity contribution in [2.75, 3.05) is 36.7 Å². The summed E-state index contributed by atoms with van der Waals surface area (Å²) < 4.78 is 76.0. The Labute approximate surface area is 317 Å². The zero-order chi connectivity index (χ0) is 39.3. The second-order valence-electron chi connectivity index (χ2n) is 14.3. The second kappa shape index (κ2) is 17.5. The van der Waals surface area contributed by atoms with Gasteiger partial charge in [0, 0.05) is 43.2 Å². The first kappa shape index (κ1) is 41.6. The van der Waals surface area contributed by atoms with Crippen LogP contribution in [0.4, 0.5) is 16.2 Å². The third kappa shape index (κ3) is 9.97. The van der Waals surface area contributed by atoms with Gasteiger partial charge in [0.25, 0.3) is 0 Å². The fourth-order valence-corrected chi connectivity index (χ4v) is 9.95. The molecule has 14 nitrogen and oxygen atoms in total. The summed E-state index contributed by atoms with van der Waals surface area (Å²) in [5.74, 6) is -0.932. The molecule has 0 aliphatic carbocycles. The van der Waals surface area contributed by atoms with Crippen molar-refractivity contribution in [1.29, 1.82) is 0 Å². The molecule has 2 heterocycles. The van der Waals surface area contributed by atoms with Crippen LogP contribution in [-0.2, 0) is 40.5 Å². The maximum atomic E-state index is 14.0. The van der Waals surface area contributed by atoms with E-state index in [2.05, 4.69) is 14.8 Å². The lowest BCUT2D eigenvalue weighted by Gasteiger charge is -2.39. The summed E-state index contributed by atoms with van der Waals surface area (Å²) in [5, 5.41) is 28.7. The molecule has 0 saturated carbocycles. The summed E-state index contributed by atoms with van der Waals surface area (Å²) >= 11 is 0. The lowest BCUT2D eigenvalue weighted by Crippen LogP contribution is -2.56. The van der Waals surface area contributed by atoms with Gasteiger partial charge in [-0.15, -0.1) is 0 Å². The van der Waals surface area contributed by atoms with Gasteiger partial charge in [-0.3, -0.25) is 4.55 Å². The highest BCUT2D eigenvalue weighted by Gasteiger charge is 2.49. The van der Waals surface area contributed by atoms with Crippen molar-refractivity contribution >= 4 is 37.6 Å². The summed E-state index contributed by atoms with van der Waals surface area (Å²) in [4.78, 5) is 15.5. The maximum absolute atomic E-state index is 14.0. The van der Waals surface area contributed by atoms with Gasteiger partial charge < -0.3 is 35.2 Å². The molecule has 2 amide bonds. The smallest absolute Gasteiger partial charge is 0.392 e. The van der Waals surface area contributed by atoms with Crippen LogP contribution in [-0.4, -0.2) is 94.7 Å². The number of fused-ring (bicyclic) bond motifs is 1. The summed E-state index contributed by atoms with van der Waals surface area (Å²) in [5.41, 5.74) is 2.12. The minimum absolute atomic E-state index is 0.00553. The Morgan fingerprint density at radius 2 is 1.78 bits per heavy atom. The van der Waals surface area contributed by atoms with Crippen LogP contribution in [0.1, 0.15) is 68.6 Å². The van der Waals surface area contributed by atoms with Gasteiger partial charge in [0.15, 0.2) is 9.84 Å². The Morgan fingerprint density at radius 1 is 1.04 bits per heavy atom. The highest BCUT2D eigenvalue weighted by molar-refractivity contribution is 7.91. The van der Waals surface area contributed by atoms with Gasteiger partial charge in [-0.1, -0.05) is 69.2 Å². The van der Waals surface area contributed by atoms with Gasteiger partial charge >= 0.3 is 16.4 Å². The first-order valence-electron chi connectivity index (χ1n) is 18.1. The van der Waals surface area contributed by atoms with E-state index in [1.807, 2.05) is 69.2 Å². The van der Waals surface area contributed by atoms with E-state index in [1.165, 1.54) is 0 Å². The molecule has 2 aliphatic heterocycles. The molecule has 0 unspecified atom stereocenters. The number of anilines is 2. The summed E-state index contributed by atoms with van der Waals surface area (Å²) in [6.07, 6.45) is -3.14. The van der Waals surface area contributed by atoms with Gasteiger partial charge in [0.2, 0.25) is 0 Å². The van der Waals surface area contributed by atoms with Crippen molar-refractivity contribution < 1.29 is 50.1 Å². The number of nitrogens with one attached hydrogen (secondary N) is 2. The van der Waals surface area contributed by atoms with Crippen LogP contribution in [0.5, 0.6) is 0 Å². The molecule has 1 saturated heterocycles. The van der Waals surface area contributed by atoms with E-state index in [-0.39, 0.29) is 23.7 Å². The van der Waals surface area contributed by atoms with Gasteiger partial charge in [-0.2, -0.15) is 8.42 Å². The van der Waals surface area contributed by atoms with Crippen molar-refractivity contribution in [3.8, 4) is 0 Å². The third-order valence-electron chi connectivity index (χ3n) is 10.4. The number of aliphatic hydroxyl groups excluding tert-OH is 2. The molecule has 5 rings (SSSR count).